The van der Waals surface area contributed by atoms with Gasteiger partial charge in [-0.1, -0.05) is 25.7 Å². The second kappa shape index (κ2) is 9.51. The zero-order valence-electron chi connectivity index (χ0n) is 15.8. The number of nitrogens with zero attached hydrogens (tertiary/aromatic N) is 3. The topological polar surface area (TPSA) is 30.0 Å². The minimum atomic E-state index is 0.337. The van der Waals surface area contributed by atoms with Crippen molar-refractivity contribution in [3.63, 3.8) is 0 Å². The summed E-state index contributed by atoms with van der Waals surface area (Å²) in [4.78, 5) is 7.88. The lowest BCUT2D eigenvalue weighted by atomic mass is 9.97. The molecule has 1 saturated carbocycles. The van der Waals surface area contributed by atoms with Crippen LogP contribution in [0.2, 0.25) is 0 Å². The molecule has 2 aliphatic heterocycles. The lowest BCUT2D eigenvalue weighted by Crippen LogP contribution is -2.58. The van der Waals surface area contributed by atoms with Gasteiger partial charge in [0.15, 0.2) is 0 Å². The maximum Gasteiger partial charge on any atom is 0.0446 e. The summed E-state index contributed by atoms with van der Waals surface area (Å²) in [6, 6.07) is 1.32. The molecule has 1 atom stereocenters. The molecule has 1 N–H and O–H groups in total. The van der Waals surface area contributed by atoms with Gasteiger partial charge in [-0.25, -0.2) is 0 Å². The summed E-state index contributed by atoms with van der Waals surface area (Å²) in [6.45, 7) is 7.71. The highest BCUT2D eigenvalue weighted by Crippen LogP contribution is 2.29. The molecule has 140 valence electrons. The SMILES string of the molecule is CN1CCC(N2CCN(CCCC3CCCC3)CC2CCO)CC1. The van der Waals surface area contributed by atoms with Crippen LogP contribution in [0, 0.1) is 5.92 Å². The zero-order chi connectivity index (χ0) is 16.8. The molecule has 3 fully saturated rings. The minimum absolute atomic E-state index is 0.337. The van der Waals surface area contributed by atoms with E-state index in [0.717, 1.165) is 18.4 Å². The average molecular weight is 338 g/mol. The molecule has 2 saturated heterocycles. The van der Waals surface area contributed by atoms with Gasteiger partial charge in [-0.05, 0) is 64.7 Å². The van der Waals surface area contributed by atoms with E-state index in [1.54, 1.807) is 0 Å². The fraction of sp³-hybridized carbons (Fsp3) is 1.00. The molecule has 3 aliphatic rings. The molecule has 4 heteroatoms. The normalized spacial score (nSPS) is 29.5. The van der Waals surface area contributed by atoms with Crippen molar-refractivity contribution >= 4 is 0 Å². The molecule has 0 aromatic rings. The van der Waals surface area contributed by atoms with Gasteiger partial charge in [-0.3, -0.25) is 4.90 Å². The largest absolute Gasteiger partial charge is 0.396 e. The summed E-state index contributed by atoms with van der Waals surface area (Å²) in [5.41, 5.74) is 0. The Kier molecular flexibility index (Phi) is 7.38. The molecule has 0 aromatic heterocycles. The van der Waals surface area contributed by atoms with E-state index in [0.29, 0.717) is 12.6 Å². The van der Waals surface area contributed by atoms with Crippen molar-refractivity contribution in [2.45, 2.75) is 69.9 Å². The van der Waals surface area contributed by atoms with Crippen molar-refractivity contribution in [1.82, 2.24) is 14.7 Å². The summed E-state index contributed by atoms with van der Waals surface area (Å²) in [5.74, 6) is 1.03. The highest BCUT2D eigenvalue weighted by atomic mass is 16.3. The number of piperidine rings is 1. The van der Waals surface area contributed by atoms with Crippen LogP contribution in [0.15, 0.2) is 0 Å². The van der Waals surface area contributed by atoms with Crippen molar-refractivity contribution < 1.29 is 5.11 Å². The molecule has 0 amide bonds. The second-order valence-electron chi connectivity index (χ2n) is 8.53. The van der Waals surface area contributed by atoms with Crippen molar-refractivity contribution in [3.05, 3.63) is 0 Å². The smallest absolute Gasteiger partial charge is 0.0446 e. The first-order valence-electron chi connectivity index (χ1n) is 10.5. The number of hydrogen-bond acceptors (Lipinski definition) is 4. The van der Waals surface area contributed by atoms with Gasteiger partial charge in [0, 0.05) is 38.3 Å². The average Bonchev–Trinajstić information content (AvgIpc) is 3.10. The Morgan fingerprint density at radius 1 is 0.917 bits per heavy atom. The van der Waals surface area contributed by atoms with Crippen LogP contribution in [0.25, 0.3) is 0 Å². The van der Waals surface area contributed by atoms with Crippen LogP contribution in [0.1, 0.15) is 57.8 Å². The Labute approximate surface area is 149 Å². The highest BCUT2D eigenvalue weighted by Gasteiger charge is 2.32. The van der Waals surface area contributed by atoms with E-state index in [-0.39, 0.29) is 0 Å². The van der Waals surface area contributed by atoms with E-state index in [4.69, 9.17) is 0 Å². The lowest BCUT2D eigenvalue weighted by molar-refractivity contribution is 0.00788. The Morgan fingerprint density at radius 3 is 2.38 bits per heavy atom. The van der Waals surface area contributed by atoms with Gasteiger partial charge in [-0.15, -0.1) is 0 Å². The fourth-order valence-electron chi connectivity index (χ4n) is 5.25. The fourth-order valence-corrected chi connectivity index (χ4v) is 5.25. The zero-order valence-corrected chi connectivity index (χ0v) is 15.8. The molecule has 0 bridgehead atoms. The summed E-state index contributed by atoms with van der Waals surface area (Å²) >= 11 is 0. The lowest BCUT2D eigenvalue weighted by Gasteiger charge is -2.47. The quantitative estimate of drug-likeness (QED) is 0.773. The van der Waals surface area contributed by atoms with E-state index in [1.165, 1.54) is 90.6 Å². The second-order valence-corrected chi connectivity index (χ2v) is 8.53. The van der Waals surface area contributed by atoms with Gasteiger partial charge >= 0.3 is 0 Å². The molecule has 4 nitrogen and oxygen atoms in total. The van der Waals surface area contributed by atoms with Crippen LogP contribution in [0.3, 0.4) is 0 Å². The van der Waals surface area contributed by atoms with Gasteiger partial charge < -0.3 is 14.9 Å². The van der Waals surface area contributed by atoms with Crippen molar-refractivity contribution in [2.24, 2.45) is 5.92 Å². The predicted molar refractivity (Wildman–Crippen MR) is 100 cm³/mol. The van der Waals surface area contributed by atoms with Crippen molar-refractivity contribution in [3.8, 4) is 0 Å². The molecule has 0 radical (unpaired) electrons. The molecular formula is C20H39N3O. The van der Waals surface area contributed by atoms with Crippen LogP contribution >= 0.6 is 0 Å². The molecule has 24 heavy (non-hydrogen) atoms. The standard InChI is InChI=1S/C20H39N3O/c1-21-12-8-19(9-13-21)23-15-14-22(17-20(23)10-16-24)11-4-7-18-5-2-3-6-18/h18-20,24H,2-17H2,1H3. The molecule has 0 spiro atoms. The first-order chi connectivity index (χ1) is 11.8. The van der Waals surface area contributed by atoms with Gasteiger partial charge in [0.1, 0.15) is 0 Å². The molecule has 1 aliphatic carbocycles. The van der Waals surface area contributed by atoms with Crippen molar-refractivity contribution in [2.75, 3.05) is 52.9 Å². The number of piperazine rings is 1. The maximum absolute atomic E-state index is 9.53. The monoisotopic (exact) mass is 337 g/mol. The van der Waals surface area contributed by atoms with Gasteiger partial charge in [-0.2, -0.15) is 0 Å². The number of rotatable bonds is 7. The minimum Gasteiger partial charge on any atom is -0.396 e. The highest BCUT2D eigenvalue weighted by molar-refractivity contribution is 4.89. The van der Waals surface area contributed by atoms with Gasteiger partial charge in [0.25, 0.3) is 0 Å². The predicted octanol–water partition coefficient (Wildman–Crippen LogP) is 2.42. The Balaban J connectivity index is 1.43. The van der Waals surface area contributed by atoms with Crippen LogP contribution in [-0.2, 0) is 0 Å². The van der Waals surface area contributed by atoms with E-state index in [9.17, 15) is 5.11 Å². The first kappa shape index (κ1) is 18.6. The van der Waals surface area contributed by atoms with Gasteiger partial charge in [0.05, 0.1) is 0 Å². The van der Waals surface area contributed by atoms with Crippen LogP contribution in [-0.4, -0.2) is 84.8 Å². The third-order valence-corrected chi connectivity index (χ3v) is 6.79. The molecule has 2 heterocycles. The number of hydrogen-bond donors (Lipinski definition) is 1. The van der Waals surface area contributed by atoms with E-state index < -0.39 is 0 Å². The Morgan fingerprint density at radius 2 is 1.67 bits per heavy atom. The van der Waals surface area contributed by atoms with Crippen molar-refractivity contribution in [1.29, 1.82) is 0 Å². The first-order valence-corrected chi connectivity index (χ1v) is 10.5. The number of aliphatic hydroxyl groups excluding tert-OH is 1. The van der Waals surface area contributed by atoms with Crippen LogP contribution in [0.5, 0.6) is 0 Å². The molecule has 3 rings (SSSR count). The number of likely N-dealkylation sites (tertiary alicyclic amines) is 1. The Bertz CT molecular complexity index is 351. The molecule has 0 aromatic carbocycles. The van der Waals surface area contributed by atoms with Crippen LogP contribution in [0.4, 0.5) is 0 Å². The summed E-state index contributed by atoms with van der Waals surface area (Å²) in [5, 5.41) is 9.53. The van der Waals surface area contributed by atoms with E-state index >= 15 is 0 Å². The third-order valence-electron chi connectivity index (χ3n) is 6.79. The maximum atomic E-state index is 9.53. The summed E-state index contributed by atoms with van der Waals surface area (Å²) < 4.78 is 0. The summed E-state index contributed by atoms with van der Waals surface area (Å²) in [6.07, 6.45) is 12.3. The third kappa shape index (κ3) is 5.17. The van der Waals surface area contributed by atoms with E-state index in [1.807, 2.05) is 0 Å². The van der Waals surface area contributed by atoms with E-state index in [2.05, 4.69) is 21.7 Å². The number of aliphatic hydroxyl groups is 1. The van der Waals surface area contributed by atoms with Crippen LogP contribution < -0.4 is 0 Å². The Hall–Kier alpha value is -0.160. The van der Waals surface area contributed by atoms with Gasteiger partial charge in [0.2, 0.25) is 0 Å². The molecular weight excluding hydrogens is 298 g/mol. The summed E-state index contributed by atoms with van der Waals surface area (Å²) in [7, 11) is 2.24. The molecule has 1 unspecified atom stereocenters.